The van der Waals surface area contributed by atoms with Crippen molar-refractivity contribution < 1.29 is 28.7 Å². The number of nitrogens with one attached hydrogen (secondary N) is 7. The zero-order valence-electron chi connectivity index (χ0n) is 47.6. The molecular weight excluding hydrogens is 1090 g/mol. The zero-order valence-corrected chi connectivity index (χ0v) is 49.1. The Hall–Kier alpha value is -8.02. The van der Waals surface area contributed by atoms with Crippen molar-refractivity contribution in [3.05, 3.63) is 160 Å². The number of hydrogen-bond acceptors (Lipinski definition) is 12. The van der Waals surface area contributed by atoms with Crippen molar-refractivity contribution in [3.63, 3.8) is 0 Å². The quantitative estimate of drug-likeness (QED) is 0.0607. The van der Waals surface area contributed by atoms with Gasteiger partial charge in [-0.1, -0.05) is 79.2 Å². The van der Waals surface area contributed by atoms with Crippen LogP contribution in [0.15, 0.2) is 122 Å². The van der Waals surface area contributed by atoms with Crippen LogP contribution in [0.5, 0.6) is 0 Å². The van der Waals surface area contributed by atoms with Crippen molar-refractivity contribution in [2.24, 2.45) is 0 Å². The molecule has 0 unspecified atom stereocenters. The van der Waals surface area contributed by atoms with Crippen molar-refractivity contribution in [3.8, 4) is 11.3 Å². The summed E-state index contributed by atoms with van der Waals surface area (Å²) in [4.78, 5) is 72.1. The van der Waals surface area contributed by atoms with Crippen LogP contribution in [0.25, 0.3) is 27.7 Å². The molecule has 2 saturated carbocycles. The molecule has 4 aromatic carbocycles. The molecule has 4 atom stereocenters. The van der Waals surface area contributed by atoms with Crippen LogP contribution < -0.4 is 31.9 Å². The number of rotatable bonds is 12. The fraction of sp³-hybridized carbons (Fsp3) is 0.375. The van der Waals surface area contributed by atoms with Crippen LogP contribution in [0.1, 0.15) is 152 Å². The van der Waals surface area contributed by atoms with E-state index in [1.807, 2.05) is 42.6 Å². The summed E-state index contributed by atoms with van der Waals surface area (Å²) in [6.07, 6.45) is 14.1. The number of hydrogen-bond donors (Lipinski definition) is 7. The van der Waals surface area contributed by atoms with E-state index in [1.165, 1.54) is 5.56 Å². The Morgan fingerprint density at radius 1 is 0.614 bits per heavy atom. The van der Waals surface area contributed by atoms with Crippen molar-refractivity contribution in [1.82, 2.24) is 35.6 Å². The summed E-state index contributed by atoms with van der Waals surface area (Å²) in [5.74, 6) is 0.710. The maximum absolute atomic E-state index is 13.1. The van der Waals surface area contributed by atoms with E-state index in [2.05, 4.69) is 78.9 Å². The second kappa shape index (κ2) is 25.6. The SMILES string of the molecule is C.CC(C)(C)OC(=O)Nc1ccc(C(=O)N[C@@]2(C)CCC[C@@H](Nc3ncc(Cl)c(-c4c[nH]c5ccccc45)n3)C2)cc1.CC(C)(C)OC(=O)Nc1ccc(C(=O)N[C@@]2(C)CCC[C@@H](Nc3ncc(Cl)c(C4=CCc5ccccc54)n3)C2)cc1. The number of fused-ring (bicyclic) bond motifs is 2. The van der Waals surface area contributed by atoms with Gasteiger partial charge in [0.15, 0.2) is 0 Å². The Morgan fingerprint density at radius 3 is 1.60 bits per heavy atom. The number of aromatic amines is 1. The van der Waals surface area contributed by atoms with Crippen molar-refractivity contribution in [2.45, 2.75) is 155 Å². The molecule has 3 heterocycles. The average Bonchev–Trinajstić information content (AvgIpc) is 4.28. The Bertz CT molecular complexity index is 3500. The van der Waals surface area contributed by atoms with Crippen LogP contribution in [-0.4, -0.2) is 83.3 Å². The van der Waals surface area contributed by atoms with Gasteiger partial charge in [0, 0.05) is 73.9 Å². The highest BCUT2D eigenvalue weighted by Gasteiger charge is 2.36. The lowest BCUT2D eigenvalue weighted by Gasteiger charge is -2.39. The van der Waals surface area contributed by atoms with Gasteiger partial charge in [-0.15, -0.1) is 0 Å². The van der Waals surface area contributed by atoms with Gasteiger partial charge < -0.3 is 35.7 Å². The number of para-hydroxylation sites is 1. The maximum Gasteiger partial charge on any atom is 0.412 e. The third-order valence-corrected chi connectivity index (χ3v) is 15.0. The van der Waals surface area contributed by atoms with E-state index in [0.29, 0.717) is 56.6 Å². The third-order valence-electron chi connectivity index (χ3n) is 14.5. The van der Waals surface area contributed by atoms with E-state index >= 15 is 0 Å². The second-order valence-corrected chi connectivity index (χ2v) is 24.6. The molecule has 3 aromatic heterocycles. The largest absolute Gasteiger partial charge is 0.444 e. The normalized spacial score (nSPS) is 19.3. The smallest absolute Gasteiger partial charge is 0.412 e. The number of carbonyl (C=O) groups is 4. The molecule has 19 heteroatoms. The summed E-state index contributed by atoms with van der Waals surface area (Å²) in [7, 11) is 0. The lowest BCUT2D eigenvalue weighted by Crippen LogP contribution is -2.51. The molecule has 3 aliphatic carbocycles. The van der Waals surface area contributed by atoms with E-state index in [-0.39, 0.29) is 31.3 Å². The number of allylic oxidation sites excluding steroid dienone is 1. The first-order valence-electron chi connectivity index (χ1n) is 27.7. The fourth-order valence-electron chi connectivity index (χ4n) is 10.8. The molecule has 0 bridgehead atoms. The van der Waals surface area contributed by atoms with Crippen molar-refractivity contribution in [2.75, 3.05) is 21.3 Å². The van der Waals surface area contributed by atoms with E-state index in [9.17, 15) is 19.2 Å². The van der Waals surface area contributed by atoms with Gasteiger partial charge in [-0.25, -0.2) is 29.5 Å². The predicted molar refractivity (Wildman–Crippen MR) is 331 cm³/mol. The van der Waals surface area contributed by atoms with Gasteiger partial charge in [-0.2, -0.15) is 0 Å². The minimum atomic E-state index is -0.592. The Morgan fingerprint density at radius 2 is 1.08 bits per heavy atom. The number of anilines is 4. The van der Waals surface area contributed by atoms with Gasteiger partial charge in [-0.05, 0) is 179 Å². The minimum absolute atomic E-state index is 0. The van der Waals surface area contributed by atoms with Crippen LogP contribution in [0, 0.1) is 0 Å². The van der Waals surface area contributed by atoms with Crippen LogP contribution >= 0.6 is 23.2 Å². The van der Waals surface area contributed by atoms with Crippen LogP contribution in [0.3, 0.4) is 0 Å². The molecule has 4 amide bonds. The molecule has 7 aromatic rings. The number of benzene rings is 4. The Balaban J connectivity index is 0.000000214. The maximum atomic E-state index is 13.1. The van der Waals surface area contributed by atoms with E-state index in [1.54, 1.807) is 102 Å². The number of aromatic nitrogens is 5. The minimum Gasteiger partial charge on any atom is -0.444 e. The summed E-state index contributed by atoms with van der Waals surface area (Å²) in [5.41, 5.74) is 6.93. The number of ether oxygens (including phenoxy) is 2. The molecule has 7 N–H and O–H groups in total. The third kappa shape index (κ3) is 16.2. The fourth-order valence-corrected chi connectivity index (χ4v) is 11.2. The van der Waals surface area contributed by atoms with Crippen LogP contribution in [0.4, 0.5) is 32.9 Å². The number of carbonyl (C=O) groups excluding carboxylic acids is 4. The van der Waals surface area contributed by atoms with Crippen molar-refractivity contribution >= 4 is 87.0 Å². The van der Waals surface area contributed by atoms with Gasteiger partial charge >= 0.3 is 12.2 Å². The molecule has 17 nitrogen and oxygen atoms in total. The zero-order chi connectivity index (χ0) is 58.4. The summed E-state index contributed by atoms with van der Waals surface area (Å²) in [6, 6.07) is 30.0. The van der Waals surface area contributed by atoms with Gasteiger partial charge in [0.05, 0.1) is 33.8 Å². The highest BCUT2D eigenvalue weighted by molar-refractivity contribution is 6.33. The molecule has 83 heavy (non-hydrogen) atoms. The first-order valence-corrected chi connectivity index (χ1v) is 28.5. The number of amides is 4. The monoisotopic (exact) mass is 1160 g/mol. The second-order valence-electron chi connectivity index (χ2n) is 23.8. The molecule has 3 aliphatic rings. The molecular formula is C64H75Cl2N11O6. The van der Waals surface area contributed by atoms with E-state index in [0.717, 1.165) is 84.7 Å². The van der Waals surface area contributed by atoms with E-state index < -0.39 is 34.5 Å². The van der Waals surface area contributed by atoms with Crippen LogP contribution in [0.2, 0.25) is 10.0 Å². The van der Waals surface area contributed by atoms with Gasteiger partial charge in [0.1, 0.15) is 11.2 Å². The molecule has 10 rings (SSSR count). The summed E-state index contributed by atoms with van der Waals surface area (Å²) >= 11 is 13.0. The predicted octanol–water partition coefficient (Wildman–Crippen LogP) is 14.8. The van der Waals surface area contributed by atoms with Gasteiger partial charge in [-0.3, -0.25) is 20.2 Å². The number of H-pyrrole nitrogens is 1. The first-order chi connectivity index (χ1) is 39.0. The molecule has 2 fully saturated rings. The molecule has 436 valence electrons. The Labute approximate surface area is 496 Å². The standard InChI is InChI=1S/C32H36ClN5O3.C31H35ClN6O3.CH4/c1-31(2,3)41-30(40)36-22-14-11-21(12-15-22)28(39)38-32(4)17-7-9-23(18-32)35-29-34-19-26(33)27(37-29)25-16-13-20-8-5-6-10-24(20)25;1-30(2,3)41-29(40)36-20-13-11-19(12-14-20)27(39)38-31(4)15-7-8-21(16-31)35-28-34-18-24(32)26(37-28)23-17-33-25-10-6-5-9-22(23)25;/h5-6,8,10-12,14-16,19,23H,7,9,13,17-18H2,1-4H3,(H,36,40)(H,38,39)(H,34,35,37);5-6,9-14,17-18,21,33H,7-8,15-16H2,1-4H3,(H,36,40)(H,38,39)(H,34,35,37);1H4/t23-,32+;21-,31+;/m11./s1. The van der Waals surface area contributed by atoms with Gasteiger partial charge in [0.2, 0.25) is 11.9 Å². The Kier molecular flexibility index (Phi) is 18.9. The average molecular weight is 1170 g/mol. The van der Waals surface area contributed by atoms with E-state index in [4.69, 9.17) is 42.6 Å². The summed E-state index contributed by atoms with van der Waals surface area (Å²) < 4.78 is 10.6. The lowest BCUT2D eigenvalue weighted by atomic mass is 9.80. The molecule has 0 spiro atoms. The van der Waals surface area contributed by atoms with Crippen molar-refractivity contribution in [1.29, 1.82) is 0 Å². The first kappa shape index (κ1) is 61.1. The molecule has 0 aliphatic heterocycles. The highest BCUT2D eigenvalue weighted by atomic mass is 35.5. The number of halogens is 2. The topological polar surface area (TPSA) is 226 Å². The number of nitrogens with zero attached hydrogens (tertiary/aromatic N) is 4. The molecule has 0 saturated heterocycles. The molecule has 0 radical (unpaired) electrons. The summed E-state index contributed by atoms with van der Waals surface area (Å²) in [5, 5.41) is 20.8. The summed E-state index contributed by atoms with van der Waals surface area (Å²) in [6.45, 7) is 15.0. The van der Waals surface area contributed by atoms with Crippen LogP contribution in [-0.2, 0) is 15.9 Å². The lowest BCUT2D eigenvalue weighted by molar-refractivity contribution is 0.0624. The van der Waals surface area contributed by atoms with Gasteiger partial charge in [0.25, 0.3) is 11.8 Å². The highest BCUT2D eigenvalue weighted by Crippen LogP contribution is 2.37.